The molecule has 0 aromatic carbocycles. The molecule has 0 bridgehead atoms. The van der Waals surface area contributed by atoms with Crippen LogP contribution >= 0.6 is 0 Å². The molecular formula is C13H17N5O. The molecule has 0 amide bonds. The Morgan fingerprint density at radius 2 is 1.89 bits per heavy atom. The molecule has 0 saturated heterocycles. The van der Waals surface area contributed by atoms with Crippen LogP contribution in [0, 0.1) is 0 Å². The normalized spacial score (nSPS) is 10.5. The largest absolute Gasteiger partial charge is 0.461 e. The van der Waals surface area contributed by atoms with Gasteiger partial charge in [-0.1, -0.05) is 0 Å². The van der Waals surface area contributed by atoms with Crippen LogP contribution in [0.15, 0.2) is 24.5 Å². The van der Waals surface area contributed by atoms with E-state index in [4.69, 9.17) is 4.74 Å². The van der Waals surface area contributed by atoms with Crippen LogP contribution in [-0.4, -0.2) is 32.6 Å². The van der Waals surface area contributed by atoms with Crippen molar-refractivity contribution in [3.63, 3.8) is 0 Å². The Kier molecular flexibility index (Phi) is 4.22. The van der Waals surface area contributed by atoms with Crippen LogP contribution in [0.5, 0.6) is 6.01 Å². The maximum atomic E-state index is 5.55. The van der Waals surface area contributed by atoms with Crippen LogP contribution in [0.1, 0.15) is 20.8 Å². The van der Waals surface area contributed by atoms with Crippen molar-refractivity contribution in [1.82, 2.24) is 19.9 Å². The molecule has 0 radical (unpaired) electrons. The fourth-order valence-electron chi connectivity index (χ4n) is 1.49. The first-order valence-corrected chi connectivity index (χ1v) is 6.26. The van der Waals surface area contributed by atoms with Crippen molar-refractivity contribution in [3.05, 3.63) is 24.5 Å². The molecule has 2 heterocycles. The number of rotatable bonds is 5. The zero-order valence-electron chi connectivity index (χ0n) is 11.3. The summed E-state index contributed by atoms with van der Waals surface area (Å²) in [5.74, 6) is 1.09. The van der Waals surface area contributed by atoms with Gasteiger partial charge in [0, 0.05) is 24.5 Å². The van der Waals surface area contributed by atoms with Gasteiger partial charge in [-0.05, 0) is 32.9 Å². The van der Waals surface area contributed by atoms with E-state index in [1.165, 1.54) is 0 Å². The Morgan fingerprint density at radius 3 is 2.53 bits per heavy atom. The highest BCUT2D eigenvalue weighted by Gasteiger charge is 2.10. The Hall–Kier alpha value is -2.24. The lowest BCUT2D eigenvalue weighted by Gasteiger charge is -2.10. The first kappa shape index (κ1) is 13.2. The number of hydrogen-bond donors (Lipinski definition) is 1. The van der Waals surface area contributed by atoms with E-state index in [9.17, 15) is 0 Å². The third-order valence-corrected chi connectivity index (χ3v) is 2.23. The van der Waals surface area contributed by atoms with Crippen molar-refractivity contribution < 1.29 is 4.74 Å². The Bertz CT molecular complexity index is 530. The van der Waals surface area contributed by atoms with Gasteiger partial charge < -0.3 is 10.1 Å². The molecule has 0 aliphatic carbocycles. The number of aromatic nitrogens is 4. The number of nitrogens with one attached hydrogen (secondary N) is 1. The van der Waals surface area contributed by atoms with Gasteiger partial charge in [-0.2, -0.15) is 15.0 Å². The second-order valence-electron chi connectivity index (χ2n) is 4.20. The quantitative estimate of drug-likeness (QED) is 0.887. The topological polar surface area (TPSA) is 72.8 Å². The number of ether oxygens (including phenoxy) is 1. The summed E-state index contributed by atoms with van der Waals surface area (Å²) in [4.78, 5) is 16.9. The summed E-state index contributed by atoms with van der Waals surface area (Å²) in [6.45, 7) is 6.59. The molecule has 19 heavy (non-hydrogen) atoms. The second kappa shape index (κ2) is 6.08. The van der Waals surface area contributed by atoms with Crippen molar-refractivity contribution in [1.29, 1.82) is 0 Å². The van der Waals surface area contributed by atoms with Gasteiger partial charge in [0.1, 0.15) is 0 Å². The van der Waals surface area contributed by atoms with Crippen LogP contribution in [0.4, 0.5) is 5.95 Å². The number of anilines is 1. The standard InChI is InChI=1S/C13H17N5O/c1-4-15-12-16-11(10-5-7-14-8-6-10)17-13(18-12)19-9(2)3/h5-9H,4H2,1-3H3,(H,15,16,17,18). The lowest BCUT2D eigenvalue weighted by atomic mass is 10.2. The van der Waals surface area contributed by atoms with E-state index in [2.05, 4.69) is 25.3 Å². The van der Waals surface area contributed by atoms with Crippen LogP contribution < -0.4 is 10.1 Å². The van der Waals surface area contributed by atoms with Crippen LogP contribution in [0.25, 0.3) is 11.4 Å². The van der Waals surface area contributed by atoms with Crippen molar-refractivity contribution in [3.8, 4) is 17.4 Å². The third-order valence-electron chi connectivity index (χ3n) is 2.23. The Balaban J connectivity index is 2.39. The van der Waals surface area contributed by atoms with Gasteiger partial charge in [-0.15, -0.1) is 0 Å². The molecule has 0 aliphatic rings. The van der Waals surface area contributed by atoms with Crippen molar-refractivity contribution in [2.24, 2.45) is 0 Å². The number of hydrogen-bond acceptors (Lipinski definition) is 6. The third kappa shape index (κ3) is 3.61. The van der Waals surface area contributed by atoms with E-state index in [1.807, 2.05) is 32.9 Å². The smallest absolute Gasteiger partial charge is 0.322 e. The lowest BCUT2D eigenvalue weighted by Crippen LogP contribution is -2.12. The summed E-state index contributed by atoms with van der Waals surface area (Å²) >= 11 is 0. The highest BCUT2D eigenvalue weighted by atomic mass is 16.5. The van der Waals surface area contributed by atoms with E-state index in [0.717, 1.165) is 12.1 Å². The average molecular weight is 259 g/mol. The zero-order chi connectivity index (χ0) is 13.7. The van der Waals surface area contributed by atoms with Gasteiger partial charge in [0.25, 0.3) is 0 Å². The highest BCUT2D eigenvalue weighted by molar-refractivity contribution is 5.55. The van der Waals surface area contributed by atoms with Gasteiger partial charge in [-0.25, -0.2) is 0 Å². The summed E-state index contributed by atoms with van der Waals surface area (Å²) in [7, 11) is 0. The molecule has 6 heteroatoms. The highest BCUT2D eigenvalue weighted by Crippen LogP contribution is 2.18. The minimum atomic E-state index is 0.0159. The Labute approximate surface area is 112 Å². The average Bonchev–Trinajstić information content (AvgIpc) is 2.39. The van der Waals surface area contributed by atoms with E-state index in [0.29, 0.717) is 17.8 Å². The molecule has 0 aliphatic heterocycles. The maximum Gasteiger partial charge on any atom is 0.322 e. The SMILES string of the molecule is CCNc1nc(OC(C)C)nc(-c2ccncc2)n1. The van der Waals surface area contributed by atoms with E-state index < -0.39 is 0 Å². The lowest BCUT2D eigenvalue weighted by molar-refractivity contribution is 0.222. The molecular weight excluding hydrogens is 242 g/mol. The molecule has 0 atom stereocenters. The van der Waals surface area contributed by atoms with E-state index in [1.54, 1.807) is 12.4 Å². The number of pyridine rings is 1. The molecule has 0 unspecified atom stereocenters. The second-order valence-corrected chi connectivity index (χ2v) is 4.20. The number of nitrogens with zero attached hydrogens (tertiary/aromatic N) is 4. The minimum Gasteiger partial charge on any atom is -0.461 e. The van der Waals surface area contributed by atoms with Crippen molar-refractivity contribution >= 4 is 5.95 Å². The van der Waals surface area contributed by atoms with Crippen LogP contribution in [0.2, 0.25) is 0 Å². The molecule has 2 rings (SSSR count). The predicted molar refractivity (Wildman–Crippen MR) is 73.0 cm³/mol. The molecule has 0 spiro atoms. The summed E-state index contributed by atoms with van der Waals surface area (Å²) in [5.41, 5.74) is 0.880. The zero-order valence-corrected chi connectivity index (χ0v) is 11.3. The molecule has 0 fully saturated rings. The van der Waals surface area contributed by atoms with Crippen LogP contribution in [0.3, 0.4) is 0 Å². The van der Waals surface area contributed by atoms with E-state index >= 15 is 0 Å². The molecule has 2 aromatic rings. The minimum absolute atomic E-state index is 0.0159. The van der Waals surface area contributed by atoms with Gasteiger partial charge in [-0.3, -0.25) is 4.98 Å². The van der Waals surface area contributed by atoms with Gasteiger partial charge in [0.05, 0.1) is 6.10 Å². The molecule has 1 N–H and O–H groups in total. The van der Waals surface area contributed by atoms with Crippen molar-refractivity contribution in [2.75, 3.05) is 11.9 Å². The van der Waals surface area contributed by atoms with Crippen molar-refractivity contribution in [2.45, 2.75) is 26.9 Å². The molecule has 100 valence electrons. The fraction of sp³-hybridized carbons (Fsp3) is 0.385. The summed E-state index contributed by atoms with van der Waals surface area (Å²) in [6, 6.07) is 4.03. The fourth-order valence-corrected chi connectivity index (χ4v) is 1.49. The Morgan fingerprint density at radius 1 is 1.16 bits per heavy atom. The first-order chi connectivity index (χ1) is 9.19. The molecule has 0 saturated carbocycles. The summed E-state index contributed by atoms with van der Waals surface area (Å²) < 4.78 is 5.55. The predicted octanol–water partition coefficient (Wildman–Crippen LogP) is 2.15. The molecule has 6 nitrogen and oxygen atoms in total. The van der Waals surface area contributed by atoms with Gasteiger partial charge >= 0.3 is 6.01 Å². The van der Waals surface area contributed by atoms with Gasteiger partial charge in [0.15, 0.2) is 5.82 Å². The molecule has 2 aromatic heterocycles. The maximum absolute atomic E-state index is 5.55. The van der Waals surface area contributed by atoms with E-state index in [-0.39, 0.29) is 6.10 Å². The monoisotopic (exact) mass is 259 g/mol. The first-order valence-electron chi connectivity index (χ1n) is 6.26. The van der Waals surface area contributed by atoms with Gasteiger partial charge in [0.2, 0.25) is 5.95 Å². The van der Waals surface area contributed by atoms with Crippen LogP contribution in [-0.2, 0) is 0 Å². The summed E-state index contributed by atoms with van der Waals surface area (Å²) in [5, 5.41) is 3.07. The summed E-state index contributed by atoms with van der Waals surface area (Å²) in [6.07, 6.45) is 3.42.